The standard InChI is InChI=1S/C14H17NO/c1-3-4-5-8-11-15-14(16)13-10-7-6-9-12(13)2/h1,6-7,9-10H,4-5,8,11H2,2H3,(H,15,16). The fraction of sp³-hybridized carbons (Fsp3) is 0.357. The topological polar surface area (TPSA) is 29.1 Å². The van der Waals surface area contributed by atoms with Crippen LogP contribution in [0, 0.1) is 19.3 Å². The Morgan fingerprint density at radius 3 is 2.81 bits per heavy atom. The van der Waals surface area contributed by atoms with E-state index in [1.807, 2.05) is 31.2 Å². The summed E-state index contributed by atoms with van der Waals surface area (Å²) in [5, 5.41) is 2.89. The Kier molecular flexibility index (Phi) is 5.15. The van der Waals surface area contributed by atoms with E-state index < -0.39 is 0 Å². The highest BCUT2D eigenvalue weighted by Gasteiger charge is 2.06. The molecule has 84 valence electrons. The van der Waals surface area contributed by atoms with Crippen molar-refractivity contribution in [3.8, 4) is 12.3 Å². The number of unbranched alkanes of at least 4 members (excludes halogenated alkanes) is 2. The third-order valence-electron chi connectivity index (χ3n) is 2.42. The molecular formula is C14H17NO. The molecule has 0 unspecified atom stereocenters. The van der Waals surface area contributed by atoms with Crippen LogP contribution in [-0.2, 0) is 0 Å². The summed E-state index contributed by atoms with van der Waals surface area (Å²) >= 11 is 0. The second-order valence-corrected chi connectivity index (χ2v) is 3.73. The SMILES string of the molecule is C#CCCCCNC(=O)c1ccccc1C. The Labute approximate surface area is 97.1 Å². The van der Waals surface area contributed by atoms with Crippen LogP contribution in [0.15, 0.2) is 24.3 Å². The lowest BCUT2D eigenvalue weighted by Gasteiger charge is -2.06. The van der Waals surface area contributed by atoms with Crippen molar-refractivity contribution in [2.24, 2.45) is 0 Å². The average Bonchev–Trinajstić information content (AvgIpc) is 2.29. The normalized spacial score (nSPS) is 9.50. The highest BCUT2D eigenvalue weighted by Crippen LogP contribution is 2.06. The molecule has 0 heterocycles. The van der Waals surface area contributed by atoms with E-state index in [0.29, 0.717) is 6.54 Å². The maximum Gasteiger partial charge on any atom is 0.251 e. The third-order valence-corrected chi connectivity index (χ3v) is 2.42. The summed E-state index contributed by atoms with van der Waals surface area (Å²) < 4.78 is 0. The summed E-state index contributed by atoms with van der Waals surface area (Å²) in [6.07, 6.45) is 7.82. The smallest absolute Gasteiger partial charge is 0.251 e. The first-order chi connectivity index (χ1) is 7.75. The molecule has 0 aliphatic rings. The van der Waals surface area contributed by atoms with Gasteiger partial charge in [-0.2, -0.15) is 0 Å². The number of aryl methyl sites for hydroxylation is 1. The van der Waals surface area contributed by atoms with Gasteiger partial charge in [-0.05, 0) is 31.4 Å². The summed E-state index contributed by atoms with van der Waals surface area (Å²) in [6.45, 7) is 2.63. The van der Waals surface area contributed by atoms with Crippen molar-refractivity contribution in [1.82, 2.24) is 5.32 Å². The Hall–Kier alpha value is -1.75. The van der Waals surface area contributed by atoms with E-state index >= 15 is 0 Å². The first-order valence-corrected chi connectivity index (χ1v) is 5.53. The van der Waals surface area contributed by atoms with Crippen molar-refractivity contribution >= 4 is 5.91 Å². The Balaban J connectivity index is 2.36. The summed E-state index contributed by atoms with van der Waals surface area (Å²) in [4.78, 5) is 11.7. The Morgan fingerprint density at radius 1 is 1.38 bits per heavy atom. The van der Waals surface area contributed by atoms with Crippen LogP contribution in [0.1, 0.15) is 35.2 Å². The van der Waals surface area contributed by atoms with Crippen molar-refractivity contribution in [1.29, 1.82) is 0 Å². The lowest BCUT2D eigenvalue weighted by atomic mass is 10.1. The molecule has 0 saturated carbocycles. The summed E-state index contributed by atoms with van der Waals surface area (Å²) in [7, 11) is 0. The number of hydrogen-bond acceptors (Lipinski definition) is 1. The second-order valence-electron chi connectivity index (χ2n) is 3.73. The third kappa shape index (κ3) is 3.78. The van der Waals surface area contributed by atoms with Crippen LogP contribution >= 0.6 is 0 Å². The highest BCUT2D eigenvalue weighted by atomic mass is 16.1. The maximum atomic E-state index is 11.7. The first-order valence-electron chi connectivity index (χ1n) is 5.53. The molecule has 0 saturated heterocycles. The minimum atomic E-state index is -0.00110. The molecule has 0 aromatic heterocycles. The van der Waals surface area contributed by atoms with Crippen LogP contribution in [0.5, 0.6) is 0 Å². The highest BCUT2D eigenvalue weighted by molar-refractivity contribution is 5.95. The predicted octanol–water partition coefficient (Wildman–Crippen LogP) is 2.53. The Morgan fingerprint density at radius 2 is 2.12 bits per heavy atom. The zero-order valence-electron chi connectivity index (χ0n) is 9.62. The molecule has 16 heavy (non-hydrogen) atoms. The molecule has 1 N–H and O–H groups in total. The van der Waals surface area contributed by atoms with E-state index in [9.17, 15) is 4.79 Å². The molecule has 0 bridgehead atoms. The van der Waals surface area contributed by atoms with Gasteiger partial charge in [-0.25, -0.2) is 0 Å². The van der Waals surface area contributed by atoms with Crippen LogP contribution in [0.3, 0.4) is 0 Å². The van der Waals surface area contributed by atoms with Gasteiger partial charge in [0.2, 0.25) is 0 Å². The van der Waals surface area contributed by atoms with E-state index in [-0.39, 0.29) is 5.91 Å². The average molecular weight is 215 g/mol. The molecule has 0 aliphatic carbocycles. The molecular weight excluding hydrogens is 198 g/mol. The van der Waals surface area contributed by atoms with Gasteiger partial charge in [-0.15, -0.1) is 12.3 Å². The van der Waals surface area contributed by atoms with Gasteiger partial charge >= 0.3 is 0 Å². The molecule has 2 heteroatoms. The van der Waals surface area contributed by atoms with Gasteiger partial charge < -0.3 is 5.32 Å². The van der Waals surface area contributed by atoms with Crippen molar-refractivity contribution < 1.29 is 4.79 Å². The predicted molar refractivity (Wildman–Crippen MR) is 66.2 cm³/mol. The number of benzene rings is 1. The largest absolute Gasteiger partial charge is 0.352 e. The van der Waals surface area contributed by atoms with Crippen molar-refractivity contribution in [3.05, 3.63) is 35.4 Å². The van der Waals surface area contributed by atoms with E-state index in [4.69, 9.17) is 6.42 Å². The van der Waals surface area contributed by atoms with E-state index in [1.165, 1.54) is 0 Å². The summed E-state index contributed by atoms with van der Waals surface area (Å²) in [5.74, 6) is 2.58. The van der Waals surface area contributed by atoms with Crippen molar-refractivity contribution in [2.75, 3.05) is 6.54 Å². The van der Waals surface area contributed by atoms with Gasteiger partial charge in [0.15, 0.2) is 0 Å². The van der Waals surface area contributed by atoms with E-state index in [1.54, 1.807) is 0 Å². The zero-order chi connectivity index (χ0) is 11.8. The van der Waals surface area contributed by atoms with Gasteiger partial charge in [0.25, 0.3) is 5.91 Å². The second kappa shape index (κ2) is 6.68. The fourth-order valence-electron chi connectivity index (χ4n) is 1.48. The molecule has 0 fully saturated rings. The number of carbonyl (C=O) groups is 1. The number of nitrogens with one attached hydrogen (secondary N) is 1. The van der Waals surface area contributed by atoms with Crippen LogP contribution in [0.4, 0.5) is 0 Å². The van der Waals surface area contributed by atoms with Crippen molar-refractivity contribution in [2.45, 2.75) is 26.2 Å². The molecule has 1 rings (SSSR count). The molecule has 1 aromatic rings. The van der Waals surface area contributed by atoms with Crippen LogP contribution in [0.2, 0.25) is 0 Å². The lowest BCUT2D eigenvalue weighted by Crippen LogP contribution is -2.25. The summed E-state index contributed by atoms with van der Waals surface area (Å²) in [6, 6.07) is 7.58. The van der Waals surface area contributed by atoms with Crippen LogP contribution in [-0.4, -0.2) is 12.5 Å². The number of carbonyl (C=O) groups excluding carboxylic acids is 1. The number of terminal acetylenes is 1. The first kappa shape index (κ1) is 12.3. The van der Waals surface area contributed by atoms with Gasteiger partial charge in [-0.1, -0.05) is 18.2 Å². The van der Waals surface area contributed by atoms with E-state index in [2.05, 4.69) is 11.2 Å². The summed E-state index contributed by atoms with van der Waals surface area (Å²) in [5.41, 5.74) is 1.75. The fourth-order valence-corrected chi connectivity index (χ4v) is 1.48. The molecule has 0 spiro atoms. The number of hydrogen-bond donors (Lipinski definition) is 1. The quantitative estimate of drug-likeness (QED) is 0.593. The number of rotatable bonds is 5. The zero-order valence-corrected chi connectivity index (χ0v) is 9.62. The molecule has 0 aliphatic heterocycles. The molecule has 0 atom stereocenters. The Bertz CT molecular complexity index is 390. The monoisotopic (exact) mass is 215 g/mol. The minimum absolute atomic E-state index is 0.00110. The minimum Gasteiger partial charge on any atom is -0.352 e. The van der Waals surface area contributed by atoms with Gasteiger partial charge in [-0.3, -0.25) is 4.79 Å². The van der Waals surface area contributed by atoms with Gasteiger partial charge in [0.05, 0.1) is 0 Å². The lowest BCUT2D eigenvalue weighted by molar-refractivity contribution is 0.0952. The maximum absolute atomic E-state index is 11.7. The van der Waals surface area contributed by atoms with Gasteiger partial charge in [0.1, 0.15) is 0 Å². The molecule has 0 radical (unpaired) electrons. The molecule has 2 nitrogen and oxygen atoms in total. The van der Waals surface area contributed by atoms with Crippen LogP contribution < -0.4 is 5.32 Å². The molecule has 1 amide bonds. The van der Waals surface area contributed by atoms with E-state index in [0.717, 1.165) is 30.4 Å². The van der Waals surface area contributed by atoms with Gasteiger partial charge in [0, 0.05) is 18.5 Å². The molecule has 1 aromatic carbocycles. The number of amides is 1. The van der Waals surface area contributed by atoms with Crippen molar-refractivity contribution in [3.63, 3.8) is 0 Å². The van der Waals surface area contributed by atoms with Crippen LogP contribution in [0.25, 0.3) is 0 Å².